The Bertz CT molecular complexity index is 400. The van der Waals surface area contributed by atoms with E-state index in [1.54, 1.807) is 29.2 Å². The van der Waals surface area contributed by atoms with Crippen LogP contribution in [0.25, 0.3) is 0 Å². The van der Waals surface area contributed by atoms with Crippen molar-refractivity contribution in [3.8, 4) is 0 Å². The van der Waals surface area contributed by atoms with Gasteiger partial charge in [0.2, 0.25) is 5.91 Å². The highest BCUT2D eigenvalue weighted by molar-refractivity contribution is 6.67. The molecule has 0 saturated carbocycles. The number of hydrogen-bond donors (Lipinski definition) is 0. The Balaban J connectivity index is 2.23. The van der Waals surface area contributed by atoms with Crippen LogP contribution in [-0.2, 0) is 4.79 Å². The number of nitrogens with zero attached hydrogens (tertiary/aromatic N) is 1. The fourth-order valence-electron chi connectivity index (χ4n) is 1.69. The van der Waals surface area contributed by atoms with Crippen LogP contribution in [0.2, 0.25) is 0 Å². The molecule has 0 aromatic heterocycles. The minimum Gasteiger partial charge on any atom is -0.312 e. The summed E-state index contributed by atoms with van der Waals surface area (Å²) in [7, 11) is 0. The van der Waals surface area contributed by atoms with E-state index in [0.29, 0.717) is 12.0 Å². The van der Waals surface area contributed by atoms with Crippen molar-refractivity contribution in [2.75, 3.05) is 11.4 Å². The van der Waals surface area contributed by atoms with E-state index in [0.717, 1.165) is 18.7 Å². The normalized spacial score (nSPS) is 15.8. The molecule has 15 heavy (non-hydrogen) atoms. The summed E-state index contributed by atoms with van der Waals surface area (Å²) in [5, 5.41) is -0.478. The largest absolute Gasteiger partial charge is 0.312 e. The molecule has 0 N–H and O–H groups in total. The lowest BCUT2D eigenvalue weighted by molar-refractivity contribution is -0.117. The first-order valence-corrected chi connectivity index (χ1v) is 5.16. The zero-order valence-electron chi connectivity index (χ0n) is 8.07. The van der Waals surface area contributed by atoms with Crippen LogP contribution in [-0.4, -0.2) is 17.7 Å². The topological polar surface area (TPSA) is 37.4 Å². The number of halogens is 1. The third kappa shape index (κ3) is 2.02. The van der Waals surface area contributed by atoms with Crippen molar-refractivity contribution in [2.45, 2.75) is 12.8 Å². The summed E-state index contributed by atoms with van der Waals surface area (Å²) in [6.07, 6.45) is 1.51. The highest BCUT2D eigenvalue weighted by atomic mass is 35.5. The Morgan fingerprint density at radius 1 is 1.27 bits per heavy atom. The van der Waals surface area contributed by atoms with E-state index in [1.165, 1.54) is 0 Å². The lowest BCUT2D eigenvalue weighted by Crippen LogP contribution is -2.23. The monoisotopic (exact) mass is 223 g/mol. The summed E-state index contributed by atoms with van der Waals surface area (Å²) in [4.78, 5) is 24.0. The maximum atomic E-state index is 11.4. The SMILES string of the molecule is O=C(Cl)c1ccc(N2CCCC2=O)cc1. The quantitative estimate of drug-likeness (QED) is 0.721. The molecule has 0 aliphatic carbocycles. The van der Waals surface area contributed by atoms with Crippen LogP contribution in [0.15, 0.2) is 24.3 Å². The maximum absolute atomic E-state index is 11.4. The van der Waals surface area contributed by atoms with Gasteiger partial charge < -0.3 is 4.90 Å². The molecule has 0 atom stereocenters. The van der Waals surface area contributed by atoms with Crippen LogP contribution >= 0.6 is 11.6 Å². The standard InChI is InChI=1S/C11H10ClNO2/c12-11(15)8-3-5-9(6-4-8)13-7-1-2-10(13)14/h3-6H,1-2,7H2. The van der Waals surface area contributed by atoms with Gasteiger partial charge in [0.1, 0.15) is 0 Å². The minimum atomic E-state index is -0.478. The molecule has 1 fully saturated rings. The second-order valence-electron chi connectivity index (χ2n) is 3.47. The second kappa shape index (κ2) is 4.03. The molecule has 1 heterocycles. The Labute approximate surface area is 92.6 Å². The Morgan fingerprint density at radius 3 is 2.40 bits per heavy atom. The second-order valence-corrected chi connectivity index (χ2v) is 3.81. The third-order valence-corrected chi connectivity index (χ3v) is 2.70. The molecule has 0 unspecified atom stereocenters. The zero-order chi connectivity index (χ0) is 10.8. The molecule has 0 radical (unpaired) electrons. The van der Waals surface area contributed by atoms with Crippen molar-refractivity contribution in [3.05, 3.63) is 29.8 Å². The third-order valence-electron chi connectivity index (χ3n) is 2.48. The van der Waals surface area contributed by atoms with Gasteiger partial charge in [-0.25, -0.2) is 0 Å². The first kappa shape index (κ1) is 10.2. The maximum Gasteiger partial charge on any atom is 0.252 e. The minimum absolute atomic E-state index is 0.139. The van der Waals surface area contributed by atoms with E-state index in [9.17, 15) is 9.59 Å². The predicted octanol–water partition coefficient (Wildman–Crippen LogP) is 2.19. The molecular formula is C11H10ClNO2. The number of rotatable bonds is 2. The fraction of sp³-hybridized carbons (Fsp3) is 0.273. The Morgan fingerprint density at radius 2 is 1.93 bits per heavy atom. The fourth-order valence-corrected chi connectivity index (χ4v) is 1.82. The van der Waals surface area contributed by atoms with E-state index in [-0.39, 0.29) is 5.91 Å². The van der Waals surface area contributed by atoms with Crippen molar-refractivity contribution in [1.82, 2.24) is 0 Å². The van der Waals surface area contributed by atoms with Crippen molar-refractivity contribution >= 4 is 28.4 Å². The highest BCUT2D eigenvalue weighted by Crippen LogP contribution is 2.21. The first-order valence-electron chi connectivity index (χ1n) is 4.79. The van der Waals surface area contributed by atoms with Gasteiger partial charge in [0.15, 0.2) is 0 Å². The smallest absolute Gasteiger partial charge is 0.252 e. The molecule has 0 bridgehead atoms. The first-order chi connectivity index (χ1) is 7.18. The van der Waals surface area contributed by atoms with Gasteiger partial charge in [-0.15, -0.1) is 0 Å². The summed E-state index contributed by atoms with van der Waals surface area (Å²) in [6.45, 7) is 0.757. The van der Waals surface area contributed by atoms with Crippen LogP contribution in [0.3, 0.4) is 0 Å². The Kier molecular flexibility index (Phi) is 2.73. The molecule has 78 valence electrons. The van der Waals surface area contributed by atoms with Crippen molar-refractivity contribution in [1.29, 1.82) is 0 Å². The molecule has 4 heteroatoms. The van der Waals surface area contributed by atoms with Gasteiger partial charge in [-0.05, 0) is 42.3 Å². The molecule has 1 aromatic carbocycles. The van der Waals surface area contributed by atoms with Crippen LogP contribution in [0.1, 0.15) is 23.2 Å². The van der Waals surface area contributed by atoms with Crippen LogP contribution in [0.4, 0.5) is 5.69 Å². The molecular weight excluding hydrogens is 214 g/mol. The summed E-state index contributed by atoms with van der Waals surface area (Å²) in [5.74, 6) is 0.139. The van der Waals surface area contributed by atoms with Gasteiger partial charge >= 0.3 is 0 Å². The van der Waals surface area contributed by atoms with Crippen molar-refractivity contribution < 1.29 is 9.59 Å². The number of benzene rings is 1. The van der Waals surface area contributed by atoms with Crippen molar-refractivity contribution in [2.24, 2.45) is 0 Å². The van der Waals surface area contributed by atoms with Gasteiger partial charge in [-0.3, -0.25) is 9.59 Å². The average molecular weight is 224 g/mol. The molecule has 3 nitrogen and oxygen atoms in total. The van der Waals surface area contributed by atoms with Gasteiger partial charge in [0.05, 0.1) is 0 Å². The molecule has 1 saturated heterocycles. The van der Waals surface area contributed by atoms with Crippen LogP contribution < -0.4 is 4.90 Å². The number of carbonyl (C=O) groups is 2. The van der Waals surface area contributed by atoms with Gasteiger partial charge in [-0.2, -0.15) is 0 Å². The van der Waals surface area contributed by atoms with E-state index in [1.807, 2.05) is 0 Å². The van der Waals surface area contributed by atoms with Gasteiger partial charge in [0.25, 0.3) is 5.24 Å². The van der Waals surface area contributed by atoms with Crippen LogP contribution in [0.5, 0.6) is 0 Å². The lowest BCUT2D eigenvalue weighted by atomic mass is 10.2. The van der Waals surface area contributed by atoms with E-state index >= 15 is 0 Å². The number of anilines is 1. The molecule has 0 spiro atoms. The molecule has 2 rings (SSSR count). The summed E-state index contributed by atoms with van der Waals surface area (Å²) < 4.78 is 0. The zero-order valence-corrected chi connectivity index (χ0v) is 8.83. The van der Waals surface area contributed by atoms with E-state index < -0.39 is 5.24 Å². The number of hydrogen-bond acceptors (Lipinski definition) is 2. The Hall–Kier alpha value is -1.35. The number of carbonyl (C=O) groups excluding carboxylic acids is 2. The number of amides is 1. The summed E-state index contributed by atoms with van der Waals surface area (Å²) in [6, 6.07) is 6.77. The van der Waals surface area contributed by atoms with E-state index in [2.05, 4.69) is 0 Å². The summed E-state index contributed by atoms with van der Waals surface area (Å²) >= 11 is 5.32. The predicted molar refractivity (Wildman–Crippen MR) is 58.2 cm³/mol. The van der Waals surface area contributed by atoms with Gasteiger partial charge in [0, 0.05) is 24.2 Å². The molecule has 1 aliphatic heterocycles. The average Bonchev–Trinajstić information content (AvgIpc) is 2.65. The molecule has 1 amide bonds. The van der Waals surface area contributed by atoms with Crippen LogP contribution in [0, 0.1) is 0 Å². The van der Waals surface area contributed by atoms with E-state index in [4.69, 9.17) is 11.6 Å². The molecule has 1 aliphatic rings. The molecule has 1 aromatic rings. The lowest BCUT2D eigenvalue weighted by Gasteiger charge is -2.15. The highest BCUT2D eigenvalue weighted by Gasteiger charge is 2.21. The van der Waals surface area contributed by atoms with Gasteiger partial charge in [-0.1, -0.05) is 0 Å². The van der Waals surface area contributed by atoms with Crippen molar-refractivity contribution in [3.63, 3.8) is 0 Å². The summed E-state index contributed by atoms with van der Waals surface area (Å²) in [5.41, 5.74) is 1.28.